The lowest BCUT2D eigenvalue weighted by Crippen LogP contribution is -2.36. The van der Waals surface area contributed by atoms with E-state index in [1.54, 1.807) is 28.8 Å². The summed E-state index contributed by atoms with van der Waals surface area (Å²) in [5.74, 6) is -0.956. The van der Waals surface area contributed by atoms with Gasteiger partial charge in [-0.05, 0) is 50.1 Å². The fraction of sp³-hybridized carbons (Fsp3) is 0.458. The minimum Gasteiger partial charge on any atom is -0.478 e. The Morgan fingerprint density at radius 1 is 1.14 bits per heavy atom. The summed E-state index contributed by atoms with van der Waals surface area (Å²) in [5, 5.41) is 9.64. The molecule has 0 aliphatic heterocycles. The molecule has 0 amide bonds. The summed E-state index contributed by atoms with van der Waals surface area (Å²) in [6, 6.07) is 8.73. The van der Waals surface area contributed by atoms with Gasteiger partial charge in [-0.2, -0.15) is 13.2 Å². The zero-order chi connectivity index (χ0) is 26.2. The van der Waals surface area contributed by atoms with Crippen molar-refractivity contribution >= 4 is 35.5 Å². The van der Waals surface area contributed by atoms with Crippen LogP contribution >= 0.6 is 23.2 Å². The fourth-order valence-electron chi connectivity index (χ4n) is 3.98. The van der Waals surface area contributed by atoms with Crippen molar-refractivity contribution in [3.05, 3.63) is 67.6 Å². The van der Waals surface area contributed by atoms with Crippen LogP contribution in [0.3, 0.4) is 0 Å². The van der Waals surface area contributed by atoms with Gasteiger partial charge in [-0.15, -0.1) is 0 Å². The molecular weight excluding hydrogens is 508 g/mol. The Bertz CT molecular complexity index is 1070. The van der Waals surface area contributed by atoms with E-state index in [-0.39, 0.29) is 16.1 Å². The molecule has 192 valence electrons. The van der Waals surface area contributed by atoms with Gasteiger partial charge in [0.25, 0.3) is 5.56 Å². The minimum atomic E-state index is -4.64. The number of benzene rings is 1. The van der Waals surface area contributed by atoms with Gasteiger partial charge in [0.05, 0.1) is 16.3 Å². The first kappa shape index (κ1) is 28.9. The van der Waals surface area contributed by atoms with Gasteiger partial charge >= 0.3 is 12.1 Å². The molecule has 1 N–H and O–H groups in total. The Kier molecular flexibility index (Phi) is 10.8. The number of aromatic nitrogens is 1. The summed E-state index contributed by atoms with van der Waals surface area (Å²) in [6.45, 7) is 1.02. The highest BCUT2D eigenvalue weighted by molar-refractivity contribution is 6.34. The van der Waals surface area contributed by atoms with Crippen molar-refractivity contribution in [3.8, 4) is 0 Å². The van der Waals surface area contributed by atoms with Crippen LogP contribution in [0.4, 0.5) is 13.2 Å². The second kappa shape index (κ2) is 13.1. The predicted molar refractivity (Wildman–Crippen MR) is 128 cm³/mol. The number of carboxylic acid groups (broad SMARTS) is 1. The largest absolute Gasteiger partial charge is 0.478 e. The standard InChI is InChI=1S/C22H26Cl2N2O3.C2HF3O/c1-25(17-5-3-2-4-6-17)14-20-18(23)13-19(24)21(27)26(20)12-11-15-7-9-16(10-8-15)22(28)29;3-2(4,5)1-6/h7-10,13,17H,2-6,11-12,14H2,1H3,(H,28,29);1H. The van der Waals surface area contributed by atoms with E-state index in [0.29, 0.717) is 30.6 Å². The number of nitrogens with zero attached hydrogens (tertiary/aromatic N) is 2. The SMILES string of the molecule is CN(Cc1c(Cl)cc(Cl)c(=O)n1CCc1ccc(C(=O)O)cc1)C1CCCCC1.O=CC(F)(F)F. The van der Waals surface area contributed by atoms with Crippen LogP contribution in [0.2, 0.25) is 10.0 Å². The third kappa shape index (κ3) is 8.98. The summed E-state index contributed by atoms with van der Waals surface area (Å²) in [7, 11) is 2.08. The molecule has 1 aromatic carbocycles. The molecule has 1 fully saturated rings. The van der Waals surface area contributed by atoms with Gasteiger partial charge in [0.15, 0.2) is 0 Å². The molecule has 6 nitrogen and oxygen atoms in total. The van der Waals surface area contributed by atoms with Gasteiger partial charge in [-0.3, -0.25) is 14.5 Å². The number of carboxylic acids is 1. The molecule has 1 aliphatic rings. The molecule has 1 aliphatic carbocycles. The maximum absolute atomic E-state index is 12.7. The first-order valence-corrected chi connectivity index (χ1v) is 11.8. The topological polar surface area (TPSA) is 79.6 Å². The van der Waals surface area contributed by atoms with E-state index < -0.39 is 18.4 Å². The smallest absolute Gasteiger partial charge is 0.446 e. The number of halogens is 5. The Balaban J connectivity index is 0.000000641. The molecule has 0 saturated heterocycles. The second-order valence-electron chi connectivity index (χ2n) is 8.36. The lowest BCUT2D eigenvalue weighted by molar-refractivity contribution is -0.156. The van der Waals surface area contributed by atoms with Gasteiger partial charge in [0.2, 0.25) is 6.29 Å². The molecule has 0 radical (unpaired) electrons. The van der Waals surface area contributed by atoms with Crippen LogP contribution < -0.4 is 5.56 Å². The number of carbonyl (C=O) groups excluding carboxylic acids is 1. The highest BCUT2D eigenvalue weighted by Crippen LogP contribution is 2.25. The quantitative estimate of drug-likeness (QED) is 0.467. The molecule has 0 spiro atoms. The van der Waals surface area contributed by atoms with Crippen molar-refractivity contribution in [2.75, 3.05) is 7.05 Å². The van der Waals surface area contributed by atoms with E-state index in [4.69, 9.17) is 33.1 Å². The fourth-order valence-corrected chi connectivity index (χ4v) is 4.51. The van der Waals surface area contributed by atoms with Gasteiger partial charge in [0.1, 0.15) is 5.02 Å². The molecule has 0 unspecified atom stereocenters. The van der Waals surface area contributed by atoms with E-state index in [0.717, 1.165) is 11.3 Å². The van der Waals surface area contributed by atoms with Crippen molar-refractivity contribution in [3.63, 3.8) is 0 Å². The lowest BCUT2D eigenvalue weighted by atomic mass is 9.94. The summed E-state index contributed by atoms with van der Waals surface area (Å²) < 4.78 is 32.9. The van der Waals surface area contributed by atoms with Gasteiger partial charge in [-0.25, -0.2) is 4.79 Å². The van der Waals surface area contributed by atoms with Crippen molar-refractivity contribution < 1.29 is 27.9 Å². The number of aldehydes is 1. The Labute approximate surface area is 211 Å². The predicted octanol–water partition coefficient (Wildman–Crippen LogP) is 5.61. The van der Waals surface area contributed by atoms with Crippen LogP contribution in [0.1, 0.15) is 53.7 Å². The number of carbonyl (C=O) groups is 2. The molecule has 1 heterocycles. The molecule has 1 saturated carbocycles. The van der Waals surface area contributed by atoms with Crippen LogP contribution in [0.5, 0.6) is 0 Å². The molecule has 0 atom stereocenters. The molecule has 11 heteroatoms. The van der Waals surface area contributed by atoms with E-state index >= 15 is 0 Å². The van der Waals surface area contributed by atoms with E-state index in [9.17, 15) is 22.8 Å². The first-order valence-electron chi connectivity index (χ1n) is 11.1. The lowest BCUT2D eigenvalue weighted by Gasteiger charge is -2.32. The van der Waals surface area contributed by atoms with Crippen molar-refractivity contribution in [1.29, 1.82) is 0 Å². The Morgan fingerprint density at radius 2 is 1.71 bits per heavy atom. The van der Waals surface area contributed by atoms with E-state index in [2.05, 4.69) is 11.9 Å². The summed E-state index contributed by atoms with van der Waals surface area (Å²) >= 11 is 12.6. The van der Waals surface area contributed by atoms with Crippen molar-refractivity contribution in [1.82, 2.24) is 9.47 Å². The van der Waals surface area contributed by atoms with Crippen LogP contribution in [0.25, 0.3) is 0 Å². The number of rotatable bonds is 7. The summed E-state index contributed by atoms with van der Waals surface area (Å²) in [4.78, 5) is 34.7. The van der Waals surface area contributed by atoms with Crippen molar-refractivity contribution in [2.24, 2.45) is 0 Å². The zero-order valence-corrected chi connectivity index (χ0v) is 20.7. The van der Waals surface area contributed by atoms with Gasteiger partial charge in [-0.1, -0.05) is 54.6 Å². The van der Waals surface area contributed by atoms with Gasteiger partial charge in [0, 0.05) is 19.1 Å². The molecule has 3 rings (SSSR count). The first-order chi connectivity index (χ1) is 16.4. The summed E-state index contributed by atoms with van der Waals surface area (Å²) in [6.07, 6.45) is 0.982. The maximum atomic E-state index is 12.7. The number of aromatic carboxylic acids is 1. The van der Waals surface area contributed by atoms with Crippen LogP contribution in [0, 0.1) is 0 Å². The normalized spacial score (nSPS) is 14.4. The maximum Gasteiger partial charge on any atom is 0.446 e. The highest BCUT2D eigenvalue weighted by atomic mass is 35.5. The van der Waals surface area contributed by atoms with Crippen LogP contribution in [-0.4, -0.2) is 46.1 Å². The third-order valence-electron chi connectivity index (χ3n) is 5.86. The average molecular weight is 535 g/mol. The molecule has 2 aromatic rings. The average Bonchev–Trinajstić information content (AvgIpc) is 2.83. The van der Waals surface area contributed by atoms with Crippen molar-refractivity contribution in [2.45, 2.75) is 63.8 Å². The highest BCUT2D eigenvalue weighted by Gasteiger charge is 2.25. The van der Waals surface area contributed by atoms with Gasteiger partial charge < -0.3 is 9.67 Å². The van der Waals surface area contributed by atoms with Crippen LogP contribution in [0.15, 0.2) is 35.1 Å². The summed E-state index contributed by atoms with van der Waals surface area (Å²) in [5.41, 5.74) is 1.72. The molecule has 0 bridgehead atoms. The zero-order valence-electron chi connectivity index (χ0n) is 19.2. The van der Waals surface area contributed by atoms with E-state index in [1.807, 2.05) is 0 Å². The monoisotopic (exact) mass is 534 g/mol. The molecular formula is C24H27Cl2F3N2O4. The Morgan fingerprint density at radius 3 is 2.23 bits per heavy atom. The Hall–Kier alpha value is -2.36. The molecule has 35 heavy (non-hydrogen) atoms. The number of pyridine rings is 1. The third-order valence-corrected chi connectivity index (χ3v) is 6.46. The second-order valence-corrected chi connectivity index (χ2v) is 9.18. The minimum absolute atomic E-state index is 0.111. The van der Waals surface area contributed by atoms with E-state index in [1.165, 1.54) is 38.2 Å². The van der Waals surface area contributed by atoms with Crippen LogP contribution in [-0.2, 0) is 24.3 Å². The number of hydrogen-bond acceptors (Lipinski definition) is 4. The number of aryl methyl sites for hydroxylation is 1. The molecule has 1 aromatic heterocycles. The number of alkyl halides is 3. The number of hydrogen-bond donors (Lipinski definition) is 1.